The summed E-state index contributed by atoms with van der Waals surface area (Å²) in [6.45, 7) is 8.56. The third kappa shape index (κ3) is 4.49. The maximum atomic E-state index is 5.43. The molecule has 14 heavy (non-hydrogen) atoms. The summed E-state index contributed by atoms with van der Waals surface area (Å²) in [5, 5.41) is 4.30. The molecule has 0 aliphatic carbocycles. The van der Waals surface area contributed by atoms with E-state index in [2.05, 4.69) is 30.6 Å². The fourth-order valence-electron chi connectivity index (χ4n) is 1.59. The number of rotatable bonds is 7. The van der Waals surface area contributed by atoms with Gasteiger partial charge in [0.15, 0.2) is 0 Å². The highest BCUT2D eigenvalue weighted by molar-refractivity contribution is 8.00. The predicted molar refractivity (Wildman–Crippen MR) is 64.0 cm³/mol. The van der Waals surface area contributed by atoms with Crippen molar-refractivity contribution < 1.29 is 4.74 Å². The average molecular weight is 215 g/mol. The lowest BCUT2D eigenvalue weighted by atomic mass is 10.2. The summed E-state index contributed by atoms with van der Waals surface area (Å²) in [5.74, 6) is 1.30. The van der Waals surface area contributed by atoms with Crippen molar-refractivity contribution in [2.24, 2.45) is 0 Å². The van der Waals surface area contributed by atoms with Gasteiger partial charge >= 0.3 is 0 Å². The summed E-state index contributed by atoms with van der Waals surface area (Å²) in [6, 6.07) is 0.697. The molecular weight excluding hydrogens is 194 g/mol. The van der Waals surface area contributed by atoms with Crippen molar-refractivity contribution in [2.75, 3.05) is 25.5 Å². The van der Waals surface area contributed by atoms with E-state index in [4.69, 9.17) is 4.74 Å². The van der Waals surface area contributed by atoms with E-state index in [9.17, 15) is 0 Å². The maximum Gasteiger partial charge on any atom is 0.0591 e. The Bertz CT molecular complexity index is 163. The first-order valence-electron chi connectivity index (χ1n) is 5.38. The summed E-state index contributed by atoms with van der Waals surface area (Å²) in [4.78, 5) is 0. The fraction of sp³-hybridized carbons (Fsp3) is 0.818. The van der Waals surface area contributed by atoms with E-state index in [-0.39, 0.29) is 0 Å². The van der Waals surface area contributed by atoms with E-state index in [0.717, 1.165) is 31.4 Å². The third-order valence-corrected chi connectivity index (χ3v) is 3.82. The molecule has 1 saturated heterocycles. The highest BCUT2D eigenvalue weighted by Gasteiger charge is 2.22. The van der Waals surface area contributed by atoms with Crippen molar-refractivity contribution in [3.63, 3.8) is 0 Å². The first-order chi connectivity index (χ1) is 6.84. The monoisotopic (exact) mass is 215 g/mol. The van der Waals surface area contributed by atoms with Crippen molar-refractivity contribution in [1.82, 2.24) is 5.32 Å². The molecule has 0 amide bonds. The number of hydrogen-bond donors (Lipinski definition) is 1. The minimum atomic E-state index is 0.697. The van der Waals surface area contributed by atoms with Crippen LogP contribution >= 0.6 is 11.8 Å². The van der Waals surface area contributed by atoms with Gasteiger partial charge in [0.25, 0.3) is 0 Å². The second kappa shape index (κ2) is 7.32. The van der Waals surface area contributed by atoms with E-state index in [0.29, 0.717) is 6.04 Å². The van der Waals surface area contributed by atoms with Crippen LogP contribution < -0.4 is 5.32 Å². The Kier molecular flexibility index (Phi) is 6.32. The smallest absolute Gasteiger partial charge is 0.0591 e. The molecule has 1 aliphatic rings. The molecule has 1 N–H and O–H groups in total. The third-order valence-electron chi connectivity index (χ3n) is 2.50. The van der Waals surface area contributed by atoms with Crippen molar-refractivity contribution >= 4 is 11.8 Å². The zero-order chi connectivity index (χ0) is 10.2. The van der Waals surface area contributed by atoms with E-state index in [1.165, 1.54) is 12.2 Å². The Morgan fingerprint density at radius 1 is 1.57 bits per heavy atom. The van der Waals surface area contributed by atoms with Gasteiger partial charge in [-0.2, -0.15) is 11.8 Å². The van der Waals surface area contributed by atoms with E-state index < -0.39 is 0 Å². The maximum absolute atomic E-state index is 5.43. The molecule has 82 valence electrons. The second-order valence-corrected chi connectivity index (χ2v) is 5.10. The van der Waals surface area contributed by atoms with Crippen LogP contribution in [0.2, 0.25) is 0 Å². The lowest BCUT2D eigenvalue weighted by molar-refractivity contribution is 0.138. The van der Waals surface area contributed by atoms with Crippen molar-refractivity contribution in [1.29, 1.82) is 0 Å². The molecule has 1 aliphatic heterocycles. The molecular formula is C11H21NOS. The Hall–Kier alpha value is 0.0100. The van der Waals surface area contributed by atoms with Gasteiger partial charge in [0.2, 0.25) is 0 Å². The molecule has 0 radical (unpaired) electrons. The van der Waals surface area contributed by atoms with Gasteiger partial charge in [0.05, 0.1) is 13.2 Å². The zero-order valence-corrected chi connectivity index (χ0v) is 9.81. The van der Waals surface area contributed by atoms with Gasteiger partial charge in [-0.1, -0.05) is 13.0 Å². The van der Waals surface area contributed by atoms with Crippen molar-refractivity contribution in [3.8, 4) is 0 Å². The van der Waals surface area contributed by atoms with Crippen LogP contribution in [0.1, 0.15) is 19.8 Å². The van der Waals surface area contributed by atoms with Gasteiger partial charge in [-0.05, 0) is 18.6 Å². The van der Waals surface area contributed by atoms with Crippen LogP contribution in [0.25, 0.3) is 0 Å². The molecule has 0 spiro atoms. The highest BCUT2D eigenvalue weighted by Crippen LogP contribution is 2.25. The molecule has 0 aromatic heterocycles. The molecule has 1 heterocycles. The van der Waals surface area contributed by atoms with E-state index >= 15 is 0 Å². The van der Waals surface area contributed by atoms with Crippen LogP contribution in [0.5, 0.6) is 0 Å². The van der Waals surface area contributed by atoms with Gasteiger partial charge < -0.3 is 10.1 Å². The number of thioether (sulfide) groups is 1. The van der Waals surface area contributed by atoms with Crippen LogP contribution in [0.15, 0.2) is 12.7 Å². The van der Waals surface area contributed by atoms with Crippen molar-refractivity contribution in [3.05, 3.63) is 12.7 Å². The molecule has 2 nitrogen and oxygen atoms in total. The number of nitrogens with one attached hydrogen (secondary N) is 1. The normalized spacial score (nSPS) is 26.6. The average Bonchev–Trinajstić information content (AvgIpc) is 2.58. The lowest BCUT2D eigenvalue weighted by Crippen LogP contribution is -2.35. The number of ether oxygens (including phenoxy) is 1. The van der Waals surface area contributed by atoms with E-state index in [1.807, 2.05) is 6.08 Å². The lowest BCUT2D eigenvalue weighted by Gasteiger charge is -2.16. The van der Waals surface area contributed by atoms with Crippen LogP contribution in [-0.2, 0) is 4.74 Å². The Balaban J connectivity index is 1.90. The largest absolute Gasteiger partial charge is 0.380 e. The molecule has 2 atom stereocenters. The fourth-order valence-corrected chi connectivity index (χ4v) is 2.81. The van der Waals surface area contributed by atoms with Crippen LogP contribution in [0.4, 0.5) is 0 Å². The predicted octanol–water partition coefficient (Wildman–Crippen LogP) is 2.06. The van der Waals surface area contributed by atoms with Gasteiger partial charge in [-0.3, -0.25) is 0 Å². The SMILES string of the molecule is C=CCCOCCNC1CCSC1C. The quantitative estimate of drug-likeness (QED) is 0.519. The summed E-state index contributed by atoms with van der Waals surface area (Å²) in [6.07, 6.45) is 4.15. The Labute approximate surface area is 91.5 Å². The molecule has 0 aromatic carbocycles. The summed E-state index contributed by atoms with van der Waals surface area (Å²) in [7, 11) is 0. The van der Waals surface area contributed by atoms with Gasteiger partial charge in [-0.25, -0.2) is 0 Å². The first kappa shape index (κ1) is 12.1. The molecule has 2 unspecified atom stereocenters. The zero-order valence-electron chi connectivity index (χ0n) is 9.00. The molecule has 1 fully saturated rings. The highest BCUT2D eigenvalue weighted by atomic mass is 32.2. The van der Waals surface area contributed by atoms with Gasteiger partial charge in [0.1, 0.15) is 0 Å². The minimum Gasteiger partial charge on any atom is -0.380 e. The Morgan fingerprint density at radius 3 is 3.07 bits per heavy atom. The molecule has 0 bridgehead atoms. The molecule has 0 saturated carbocycles. The van der Waals surface area contributed by atoms with Gasteiger partial charge in [0, 0.05) is 17.8 Å². The van der Waals surface area contributed by atoms with E-state index in [1.54, 1.807) is 0 Å². The standard InChI is InChI=1S/C11H21NOS/c1-3-4-7-13-8-6-12-11-5-9-14-10(11)2/h3,10-12H,1,4-9H2,2H3. The summed E-state index contributed by atoms with van der Waals surface area (Å²) >= 11 is 2.06. The molecule has 3 heteroatoms. The number of hydrogen-bond acceptors (Lipinski definition) is 3. The molecule has 0 aromatic rings. The first-order valence-corrected chi connectivity index (χ1v) is 6.43. The van der Waals surface area contributed by atoms with Crippen LogP contribution in [0.3, 0.4) is 0 Å². The summed E-state index contributed by atoms with van der Waals surface area (Å²) < 4.78 is 5.43. The van der Waals surface area contributed by atoms with Gasteiger partial charge in [-0.15, -0.1) is 6.58 Å². The molecule has 1 rings (SSSR count). The van der Waals surface area contributed by atoms with Crippen LogP contribution in [0, 0.1) is 0 Å². The Morgan fingerprint density at radius 2 is 2.43 bits per heavy atom. The van der Waals surface area contributed by atoms with Crippen LogP contribution in [-0.4, -0.2) is 36.8 Å². The topological polar surface area (TPSA) is 21.3 Å². The second-order valence-electron chi connectivity index (χ2n) is 3.61. The van der Waals surface area contributed by atoms with Crippen molar-refractivity contribution in [2.45, 2.75) is 31.1 Å². The summed E-state index contributed by atoms with van der Waals surface area (Å²) in [5.41, 5.74) is 0. The minimum absolute atomic E-state index is 0.697.